The van der Waals surface area contributed by atoms with E-state index in [1.165, 1.54) is 0 Å². The number of hydrogen-bond acceptors (Lipinski definition) is 0. The molecule has 0 saturated carbocycles. The molecule has 0 N–H and O–H groups in total. The van der Waals surface area contributed by atoms with Gasteiger partial charge in [-0.15, -0.1) is 0 Å². The van der Waals surface area contributed by atoms with Crippen molar-refractivity contribution in [2.75, 3.05) is 21.1 Å². The lowest BCUT2D eigenvalue weighted by atomic mass is 10.7. The van der Waals surface area contributed by atoms with Crippen molar-refractivity contribution in [3.8, 4) is 0 Å². The zero-order valence-electron chi connectivity index (χ0n) is 7.13. The van der Waals surface area contributed by atoms with Crippen LogP contribution in [0.3, 0.4) is 0 Å². The van der Waals surface area contributed by atoms with Crippen LogP contribution in [0.25, 0.3) is 0 Å². The van der Waals surface area contributed by atoms with Crippen molar-refractivity contribution in [3.05, 3.63) is 24.5 Å². The predicted octanol–water partition coefficient (Wildman–Crippen LogP) is 0.816. The third kappa shape index (κ3) is 1.33. The third-order valence-electron chi connectivity index (χ3n) is 1.22. The standard InChI is InChI=1S/C7H13N2/c1-9(2,3)8-6-4-5-7-8/h4-7H,1-3H3/q+1/i4D. The van der Waals surface area contributed by atoms with Gasteiger partial charge in [0.25, 0.3) is 0 Å². The molecule has 0 radical (unpaired) electrons. The molecule has 0 fully saturated rings. The van der Waals surface area contributed by atoms with E-state index in [0.717, 1.165) is 0 Å². The van der Waals surface area contributed by atoms with Crippen LogP contribution in [-0.2, 0) is 0 Å². The van der Waals surface area contributed by atoms with Crippen LogP contribution in [0.5, 0.6) is 0 Å². The Bertz CT molecular complexity index is 222. The quantitative estimate of drug-likeness (QED) is 0.491. The van der Waals surface area contributed by atoms with Gasteiger partial charge in [0.2, 0.25) is 0 Å². The summed E-state index contributed by atoms with van der Waals surface area (Å²) in [6.07, 6.45) is 3.71. The molecule has 1 aromatic rings. The van der Waals surface area contributed by atoms with E-state index in [1.807, 2.05) is 10.9 Å². The number of aromatic nitrogens is 1. The molecule has 2 heteroatoms. The maximum atomic E-state index is 7.26. The Labute approximate surface area is 57.3 Å². The van der Waals surface area contributed by atoms with Crippen molar-refractivity contribution < 1.29 is 1.37 Å². The molecule has 1 heterocycles. The minimum Gasteiger partial charge on any atom is -0.224 e. The molecule has 50 valence electrons. The molecule has 1 rings (SSSR count). The maximum absolute atomic E-state index is 7.26. The molecule has 0 aliphatic heterocycles. The van der Waals surface area contributed by atoms with Gasteiger partial charge in [0.05, 0.1) is 34.9 Å². The van der Waals surface area contributed by atoms with E-state index in [-0.39, 0.29) is 0 Å². The van der Waals surface area contributed by atoms with Crippen molar-refractivity contribution >= 4 is 0 Å². The fraction of sp³-hybridized carbons (Fsp3) is 0.429. The summed E-state index contributed by atoms with van der Waals surface area (Å²) in [6, 6.07) is 2.34. The van der Waals surface area contributed by atoms with E-state index >= 15 is 0 Å². The largest absolute Gasteiger partial charge is 0.224 e. The van der Waals surface area contributed by atoms with Gasteiger partial charge in [-0.1, -0.05) is 0 Å². The van der Waals surface area contributed by atoms with Crippen LogP contribution < -0.4 is 4.59 Å². The van der Waals surface area contributed by atoms with Crippen LogP contribution in [0.1, 0.15) is 1.37 Å². The first-order valence-electron chi connectivity index (χ1n) is 3.47. The number of nitrogens with zero attached hydrogens (tertiary/aromatic N) is 2. The molecular weight excluding hydrogens is 112 g/mol. The number of rotatable bonds is 1. The van der Waals surface area contributed by atoms with E-state index in [9.17, 15) is 0 Å². The molecule has 0 spiro atoms. The summed E-state index contributed by atoms with van der Waals surface area (Å²) in [4.78, 5) is 0. The monoisotopic (exact) mass is 126 g/mol. The smallest absolute Gasteiger partial charge is 0.0907 e. The summed E-state index contributed by atoms with van der Waals surface area (Å²) in [5.41, 5.74) is 0. The van der Waals surface area contributed by atoms with E-state index in [2.05, 4.69) is 21.1 Å². The molecular formula is C7H13N2+. The molecule has 0 atom stereocenters. The Kier molecular flexibility index (Phi) is 1.06. The van der Waals surface area contributed by atoms with Gasteiger partial charge >= 0.3 is 0 Å². The van der Waals surface area contributed by atoms with Crippen LogP contribution in [0.15, 0.2) is 24.5 Å². The normalized spacial score (nSPS) is 13.4. The van der Waals surface area contributed by atoms with Gasteiger partial charge in [-0.3, -0.25) is 0 Å². The Hall–Kier alpha value is -0.760. The molecule has 0 bridgehead atoms. The van der Waals surface area contributed by atoms with Gasteiger partial charge in [-0.2, -0.15) is 0 Å². The molecule has 0 amide bonds. The fourth-order valence-corrected chi connectivity index (χ4v) is 0.655. The molecule has 9 heavy (non-hydrogen) atoms. The van der Waals surface area contributed by atoms with Crippen LogP contribution in [-0.4, -0.2) is 25.8 Å². The minimum atomic E-state index is 0.563. The Morgan fingerprint density at radius 3 is 2.22 bits per heavy atom. The van der Waals surface area contributed by atoms with Crippen molar-refractivity contribution in [1.82, 2.24) is 9.27 Å². The van der Waals surface area contributed by atoms with Gasteiger partial charge < -0.3 is 0 Å². The first-order valence-corrected chi connectivity index (χ1v) is 2.97. The van der Waals surface area contributed by atoms with E-state index in [4.69, 9.17) is 1.37 Å². The van der Waals surface area contributed by atoms with Crippen molar-refractivity contribution in [2.45, 2.75) is 0 Å². The topological polar surface area (TPSA) is 4.93 Å². The first kappa shape index (κ1) is 5.06. The highest BCUT2D eigenvalue weighted by Crippen LogP contribution is 1.93. The average Bonchev–Trinajstić information content (AvgIpc) is 2.11. The number of quaternary nitrogens is 1. The molecule has 2 nitrogen and oxygen atoms in total. The average molecular weight is 126 g/mol. The molecule has 0 aliphatic rings. The predicted molar refractivity (Wildman–Crippen MR) is 39.7 cm³/mol. The van der Waals surface area contributed by atoms with E-state index in [1.54, 1.807) is 12.3 Å². The second-order valence-electron chi connectivity index (χ2n) is 2.93. The molecule has 0 saturated heterocycles. The van der Waals surface area contributed by atoms with Crippen LogP contribution in [0, 0.1) is 0 Å². The maximum Gasteiger partial charge on any atom is 0.0907 e. The van der Waals surface area contributed by atoms with E-state index in [0.29, 0.717) is 10.6 Å². The van der Waals surface area contributed by atoms with Gasteiger partial charge in [-0.05, 0) is 12.1 Å². The van der Waals surface area contributed by atoms with Gasteiger partial charge in [-0.25, -0.2) is 9.27 Å². The van der Waals surface area contributed by atoms with Crippen molar-refractivity contribution in [2.24, 2.45) is 0 Å². The Morgan fingerprint density at radius 1 is 1.33 bits per heavy atom. The Morgan fingerprint density at radius 2 is 2.00 bits per heavy atom. The minimum absolute atomic E-state index is 0.563. The van der Waals surface area contributed by atoms with Gasteiger partial charge in [0, 0.05) is 0 Å². The van der Waals surface area contributed by atoms with Crippen LogP contribution in [0.4, 0.5) is 0 Å². The summed E-state index contributed by atoms with van der Waals surface area (Å²) in [5.74, 6) is 0. The van der Waals surface area contributed by atoms with E-state index < -0.39 is 0 Å². The van der Waals surface area contributed by atoms with Crippen LogP contribution >= 0.6 is 0 Å². The summed E-state index contributed by atoms with van der Waals surface area (Å²) < 4.78 is 9.95. The summed E-state index contributed by atoms with van der Waals surface area (Å²) in [6.45, 7) is 0. The SMILES string of the molecule is [2H]c1ccn([N+](C)(C)C)c1. The second-order valence-corrected chi connectivity index (χ2v) is 2.93. The van der Waals surface area contributed by atoms with Crippen molar-refractivity contribution in [1.29, 1.82) is 0 Å². The van der Waals surface area contributed by atoms with Gasteiger partial charge in [0.15, 0.2) is 0 Å². The lowest BCUT2D eigenvalue weighted by Crippen LogP contribution is -2.45. The van der Waals surface area contributed by atoms with Crippen LogP contribution in [0.2, 0.25) is 0 Å². The molecule has 1 aromatic heterocycles. The summed E-state index contributed by atoms with van der Waals surface area (Å²) >= 11 is 0. The fourth-order valence-electron chi connectivity index (χ4n) is 0.655. The first-order chi connectivity index (χ1) is 4.50. The highest BCUT2D eigenvalue weighted by atomic mass is 15.6. The summed E-state index contributed by atoms with van der Waals surface area (Å²) in [5, 5.41) is 0. The zero-order valence-corrected chi connectivity index (χ0v) is 6.13. The highest BCUT2D eigenvalue weighted by molar-refractivity contribution is 4.92. The number of hydrogen-bond donors (Lipinski definition) is 0. The highest BCUT2D eigenvalue weighted by Gasteiger charge is 2.05. The molecule has 0 unspecified atom stereocenters. The lowest BCUT2D eigenvalue weighted by molar-refractivity contribution is 0.260. The zero-order chi connectivity index (χ0) is 7.78. The summed E-state index contributed by atoms with van der Waals surface area (Å²) in [7, 11) is 6.17. The molecule has 0 aliphatic carbocycles. The van der Waals surface area contributed by atoms with Gasteiger partial charge in [0.1, 0.15) is 0 Å². The lowest BCUT2D eigenvalue weighted by Gasteiger charge is -2.23. The second kappa shape index (κ2) is 1.88. The third-order valence-corrected chi connectivity index (χ3v) is 1.22. The Balaban J connectivity index is 2.96. The van der Waals surface area contributed by atoms with Crippen molar-refractivity contribution in [3.63, 3.8) is 0 Å². The molecule has 0 aromatic carbocycles.